The van der Waals surface area contributed by atoms with Crippen LogP contribution in [0, 0.1) is 12.7 Å². The first-order valence-electron chi connectivity index (χ1n) is 8.17. The van der Waals surface area contributed by atoms with Crippen molar-refractivity contribution in [3.63, 3.8) is 0 Å². The Balaban J connectivity index is 2.17. The molecule has 0 fully saturated rings. The predicted octanol–water partition coefficient (Wildman–Crippen LogP) is 3.40. The fraction of sp³-hybridized carbons (Fsp3) is 0.300. The number of rotatable bonds is 5. The average molecular weight is 342 g/mol. The second-order valence-electron chi connectivity index (χ2n) is 6.20. The third-order valence-corrected chi connectivity index (χ3v) is 4.31. The molecule has 0 aromatic heterocycles. The Morgan fingerprint density at radius 1 is 1.16 bits per heavy atom. The Bertz CT molecular complexity index is 772. The number of halogens is 1. The van der Waals surface area contributed by atoms with Gasteiger partial charge < -0.3 is 10.2 Å². The van der Waals surface area contributed by atoms with Gasteiger partial charge in [0.2, 0.25) is 5.91 Å². The fourth-order valence-corrected chi connectivity index (χ4v) is 2.56. The van der Waals surface area contributed by atoms with E-state index >= 15 is 0 Å². The molecule has 132 valence electrons. The third kappa shape index (κ3) is 4.44. The maximum absolute atomic E-state index is 14.0. The summed E-state index contributed by atoms with van der Waals surface area (Å²) in [6.07, 6.45) is 0.241. The van der Waals surface area contributed by atoms with E-state index in [2.05, 4.69) is 5.32 Å². The van der Waals surface area contributed by atoms with E-state index in [1.165, 1.54) is 11.0 Å². The van der Waals surface area contributed by atoms with Crippen LogP contribution in [-0.2, 0) is 4.79 Å². The van der Waals surface area contributed by atoms with Crippen LogP contribution in [0.5, 0.6) is 0 Å². The quantitative estimate of drug-likeness (QED) is 0.905. The molecule has 0 radical (unpaired) electrons. The largest absolute Gasteiger partial charge is 0.359 e. The van der Waals surface area contributed by atoms with Crippen molar-refractivity contribution in [2.24, 2.45) is 0 Å². The molecule has 0 aliphatic carbocycles. The summed E-state index contributed by atoms with van der Waals surface area (Å²) >= 11 is 0. The van der Waals surface area contributed by atoms with Gasteiger partial charge in [-0.2, -0.15) is 0 Å². The van der Waals surface area contributed by atoms with Gasteiger partial charge in [-0.25, -0.2) is 4.39 Å². The summed E-state index contributed by atoms with van der Waals surface area (Å²) in [7, 11) is 3.24. The van der Waals surface area contributed by atoms with Gasteiger partial charge in [0.15, 0.2) is 0 Å². The molecule has 5 heteroatoms. The average Bonchev–Trinajstić information content (AvgIpc) is 2.62. The zero-order chi connectivity index (χ0) is 18.6. The lowest BCUT2D eigenvalue weighted by Crippen LogP contribution is -2.38. The number of hydrogen-bond acceptors (Lipinski definition) is 2. The van der Waals surface area contributed by atoms with Crippen LogP contribution in [0.15, 0.2) is 42.5 Å². The molecular formula is C20H23FN2O2. The zero-order valence-corrected chi connectivity index (χ0v) is 15.0. The lowest BCUT2D eigenvalue weighted by Gasteiger charge is -2.24. The third-order valence-electron chi connectivity index (χ3n) is 4.31. The van der Waals surface area contributed by atoms with Crippen molar-refractivity contribution < 1.29 is 14.0 Å². The molecule has 0 saturated heterocycles. The van der Waals surface area contributed by atoms with Gasteiger partial charge in [0.1, 0.15) is 5.82 Å². The van der Waals surface area contributed by atoms with E-state index in [9.17, 15) is 14.0 Å². The van der Waals surface area contributed by atoms with Crippen molar-refractivity contribution in [3.05, 3.63) is 59.4 Å². The Morgan fingerprint density at radius 3 is 2.40 bits per heavy atom. The van der Waals surface area contributed by atoms with Crippen molar-refractivity contribution in [2.45, 2.75) is 26.3 Å². The summed E-state index contributed by atoms with van der Waals surface area (Å²) in [5.41, 5.74) is 2.71. The normalized spacial score (nSPS) is 11.7. The van der Waals surface area contributed by atoms with Crippen LogP contribution >= 0.6 is 0 Å². The second kappa shape index (κ2) is 7.92. The molecule has 2 aromatic rings. The molecule has 0 aliphatic rings. The number of carbonyl (C=O) groups is 2. The zero-order valence-electron chi connectivity index (χ0n) is 15.0. The highest BCUT2D eigenvalue weighted by Crippen LogP contribution is 2.24. The molecule has 0 unspecified atom stereocenters. The Hall–Kier alpha value is -2.69. The van der Waals surface area contributed by atoms with E-state index in [0.717, 1.165) is 11.1 Å². The summed E-state index contributed by atoms with van der Waals surface area (Å²) in [6.45, 7) is 3.73. The highest BCUT2D eigenvalue weighted by molar-refractivity contribution is 5.95. The van der Waals surface area contributed by atoms with Gasteiger partial charge in [-0.1, -0.05) is 23.8 Å². The summed E-state index contributed by atoms with van der Waals surface area (Å²) < 4.78 is 14.0. The second-order valence-corrected chi connectivity index (χ2v) is 6.20. The van der Waals surface area contributed by atoms with E-state index < -0.39 is 0 Å². The number of nitrogens with one attached hydrogen (secondary N) is 1. The Kier molecular flexibility index (Phi) is 5.91. The topological polar surface area (TPSA) is 49.4 Å². The molecule has 0 saturated carbocycles. The number of nitrogens with zero attached hydrogens (tertiary/aromatic N) is 1. The lowest BCUT2D eigenvalue weighted by atomic mass is 10.0. The molecule has 4 nitrogen and oxygen atoms in total. The predicted molar refractivity (Wildman–Crippen MR) is 96.8 cm³/mol. The summed E-state index contributed by atoms with van der Waals surface area (Å²) in [5.74, 6) is -0.578. The minimum absolute atomic E-state index is 0.113. The van der Waals surface area contributed by atoms with E-state index in [1.807, 2.05) is 13.8 Å². The molecule has 1 atom stereocenters. The lowest BCUT2D eigenvalue weighted by molar-refractivity contribution is -0.121. The first kappa shape index (κ1) is 18.6. The van der Waals surface area contributed by atoms with Crippen LogP contribution in [0.25, 0.3) is 11.1 Å². The van der Waals surface area contributed by atoms with Crippen molar-refractivity contribution in [3.8, 4) is 11.1 Å². The monoisotopic (exact) mass is 342 g/mol. The van der Waals surface area contributed by atoms with Crippen LogP contribution in [0.1, 0.15) is 29.3 Å². The fourth-order valence-electron chi connectivity index (χ4n) is 2.56. The van der Waals surface area contributed by atoms with Gasteiger partial charge in [-0.05, 0) is 43.7 Å². The van der Waals surface area contributed by atoms with Crippen LogP contribution in [-0.4, -0.2) is 36.9 Å². The molecule has 25 heavy (non-hydrogen) atoms. The number of aryl methyl sites for hydroxylation is 1. The van der Waals surface area contributed by atoms with E-state index in [4.69, 9.17) is 0 Å². The minimum atomic E-state index is -0.291. The molecular weight excluding hydrogens is 319 g/mol. The van der Waals surface area contributed by atoms with Crippen molar-refractivity contribution in [2.75, 3.05) is 14.1 Å². The number of benzene rings is 2. The van der Waals surface area contributed by atoms with Crippen molar-refractivity contribution in [1.29, 1.82) is 0 Å². The van der Waals surface area contributed by atoms with Crippen molar-refractivity contribution >= 4 is 11.8 Å². The number of amides is 2. The SMILES string of the molecule is CNC(=O)C[C@@H](C)N(C)C(=O)c1ccc(-c2cc(C)ccc2F)cc1. The molecule has 0 bridgehead atoms. The Labute approximate surface area is 147 Å². The first-order chi connectivity index (χ1) is 11.8. The van der Waals surface area contributed by atoms with Crippen molar-refractivity contribution in [1.82, 2.24) is 10.2 Å². The van der Waals surface area contributed by atoms with Crippen LogP contribution in [0.4, 0.5) is 4.39 Å². The molecule has 2 rings (SSSR count). The highest BCUT2D eigenvalue weighted by atomic mass is 19.1. The van der Waals surface area contributed by atoms with Gasteiger partial charge >= 0.3 is 0 Å². The summed E-state index contributed by atoms with van der Waals surface area (Å²) in [6, 6.07) is 11.6. The molecule has 0 heterocycles. The number of carbonyl (C=O) groups excluding carboxylic acids is 2. The van der Waals surface area contributed by atoms with Crippen LogP contribution in [0.3, 0.4) is 0 Å². The van der Waals surface area contributed by atoms with Gasteiger partial charge in [-0.3, -0.25) is 9.59 Å². The molecule has 1 N–H and O–H groups in total. The van der Waals surface area contributed by atoms with Crippen LogP contribution in [0.2, 0.25) is 0 Å². The molecule has 0 aliphatic heterocycles. The minimum Gasteiger partial charge on any atom is -0.359 e. The molecule has 0 spiro atoms. The van der Waals surface area contributed by atoms with Gasteiger partial charge in [0.05, 0.1) is 0 Å². The maximum atomic E-state index is 14.0. The van der Waals surface area contributed by atoms with Crippen LogP contribution < -0.4 is 5.32 Å². The maximum Gasteiger partial charge on any atom is 0.253 e. The first-order valence-corrected chi connectivity index (χ1v) is 8.17. The van der Waals surface area contributed by atoms with Gasteiger partial charge in [0, 0.05) is 37.7 Å². The highest BCUT2D eigenvalue weighted by Gasteiger charge is 2.19. The summed E-state index contributed by atoms with van der Waals surface area (Å²) in [4.78, 5) is 25.5. The Morgan fingerprint density at radius 2 is 1.80 bits per heavy atom. The smallest absolute Gasteiger partial charge is 0.253 e. The van der Waals surface area contributed by atoms with E-state index in [0.29, 0.717) is 11.1 Å². The number of hydrogen-bond donors (Lipinski definition) is 1. The van der Waals surface area contributed by atoms with E-state index in [-0.39, 0.29) is 30.1 Å². The van der Waals surface area contributed by atoms with Gasteiger partial charge in [-0.15, -0.1) is 0 Å². The molecule has 2 aromatic carbocycles. The summed E-state index contributed by atoms with van der Waals surface area (Å²) in [5, 5.41) is 2.55. The standard InChI is InChI=1S/C20H23FN2O2/c1-13-5-10-18(21)17(11-13)15-6-8-16(9-7-15)20(25)23(4)14(2)12-19(24)22-3/h5-11,14H,12H2,1-4H3,(H,22,24)/t14-/m1/s1. The van der Waals surface area contributed by atoms with Gasteiger partial charge in [0.25, 0.3) is 5.91 Å². The molecule has 2 amide bonds. The van der Waals surface area contributed by atoms with E-state index in [1.54, 1.807) is 50.5 Å².